The van der Waals surface area contributed by atoms with Gasteiger partial charge in [-0.15, -0.1) is 0 Å². The van der Waals surface area contributed by atoms with E-state index in [9.17, 15) is 0 Å². The van der Waals surface area contributed by atoms with Crippen molar-refractivity contribution in [2.45, 2.75) is 26.9 Å². The summed E-state index contributed by atoms with van der Waals surface area (Å²) in [6.07, 6.45) is 0.202. The molecule has 4 nitrogen and oxygen atoms in total. The minimum absolute atomic E-state index is 0.202. The van der Waals surface area contributed by atoms with Gasteiger partial charge in [0.1, 0.15) is 12.4 Å². The molecule has 0 N–H and O–H groups in total. The van der Waals surface area contributed by atoms with Gasteiger partial charge in [0, 0.05) is 12.0 Å². The highest BCUT2D eigenvalue weighted by Crippen LogP contribution is 2.45. The molecular formula is C17H26O4. The largest absolute Gasteiger partial charge is 0.491 e. The molecule has 1 fully saturated rings. The predicted octanol–water partition coefficient (Wildman–Crippen LogP) is 3.22. The van der Waals surface area contributed by atoms with Crippen LogP contribution in [0.15, 0.2) is 24.3 Å². The molecule has 1 aliphatic heterocycles. The zero-order valence-electron chi connectivity index (χ0n) is 13.3. The summed E-state index contributed by atoms with van der Waals surface area (Å²) in [5, 5.41) is 0. The van der Waals surface area contributed by atoms with Crippen LogP contribution < -0.4 is 4.74 Å². The Balaban J connectivity index is 1.66. The molecule has 1 aliphatic rings. The van der Waals surface area contributed by atoms with Crippen molar-refractivity contribution in [3.63, 3.8) is 0 Å². The minimum atomic E-state index is 0.202. The monoisotopic (exact) mass is 294 g/mol. The number of rotatable bonds is 9. The van der Waals surface area contributed by atoms with Crippen molar-refractivity contribution < 1.29 is 18.9 Å². The second-order valence-electron chi connectivity index (χ2n) is 5.91. The van der Waals surface area contributed by atoms with E-state index in [-0.39, 0.29) is 11.5 Å². The Morgan fingerprint density at radius 3 is 2.29 bits per heavy atom. The number of ether oxygens (including phenoxy) is 4. The highest BCUT2D eigenvalue weighted by molar-refractivity contribution is 5.30. The van der Waals surface area contributed by atoms with Crippen LogP contribution in [0.5, 0.6) is 5.75 Å². The van der Waals surface area contributed by atoms with E-state index < -0.39 is 0 Å². The number of hydrogen-bond acceptors (Lipinski definition) is 4. The van der Waals surface area contributed by atoms with Gasteiger partial charge in [0.2, 0.25) is 0 Å². The lowest BCUT2D eigenvalue weighted by atomic mass is 9.79. The highest BCUT2D eigenvalue weighted by Gasteiger charge is 2.40. The van der Waals surface area contributed by atoms with Crippen molar-refractivity contribution in [1.82, 2.24) is 0 Å². The van der Waals surface area contributed by atoms with E-state index in [1.807, 2.05) is 19.1 Å². The lowest BCUT2D eigenvalue weighted by molar-refractivity contribution is -0.172. The van der Waals surface area contributed by atoms with Crippen molar-refractivity contribution in [2.24, 2.45) is 5.41 Å². The number of hydrogen-bond donors (Lipinski definition) is 0. The molecule has 0 aromatic heterocycles. The summed E-state index contributed by atoms with van der Waals surface area (Å²) in [5.41, 5.74) is 1.45. The number of benzene rings is 1. The maximum Gasteiger partial charge on any atom is 0.119 e. The fourth-order valence-corrected chi connectivity index (χ4v) is 2.37. The summed E-state index contributed by atoms with van der Waals surface area (Å²) >= 11 is 0. The van der Waals surface area contributed by atoms with Crippen LogP contribution in [-0.4, -0.2) is 39.6 Å². The highest BCUT2D eigenvalue weighted by atomic mass is 16.5. The molecule has 0 bridgehead atoms. The summed E-state index contributed by atoms with van der Waals surface area (Å²) < 4.78 is 21.9. The summed E-state index contributed by atoms with van der Waals surface area (Å²) in [7, 11) is 0. The van der Waals surface area contributed by atoms with Crippen LogP contribution in [0, 0.1) is 5.41 Å². The fourth-order valence-electron chi connectivity index (χ4n) is 2.37. The van der Waals surface area contributed by atoms with E-state index in [0.717, 1.165) is 19.0 Å². The first kappa shape index (κ1) is 16.3. The lowest BCUT2D eigenvalue weighted by Gasteiger charge is -2.44. The van der Waals surface area contributed by atoms with Crippen LogP contribution in [0.2, 0.25) is 0 Å². The Kier molecular flexibility index (Phi) is 6.03. The van der Waals surface area contributed by atoms with Crippen molar-refractivity contribution in [1.29, 1.82) is 0 Å². The molecule has 2 rings (SSSR count). The van der Waals surface area contributed by atoms with Crippen LogP contribution in [0.25, 0.3) is 0 Å². The normalized spacial score (nSPS) is 20.0. The van der Waals surface area contributed by atoms with Gasteiger partial charge >= 0.3 is 0 Å². The van der Waals surface area contributed by atoms with Crippen molar-refractivity contribution >= 4 is 0 Å². The van der Waals surface area contributed by atoms with Gasteiger partial charge in [0.05, 0.1) is 32.5 Å². The summed E-state index contributed by atoms with van der Waals surface area (Å²) in [4.78, 5) is 0. The molecule has 4 heteroatoms. The standard InChI is InChI=1S/C17H26O4/c1-4-18-9-10-19-11-12-20-15-7-5-14(6-8-15)16-17(2,3)13-21-16/h5-8,16H,4,9-13H2,1-3H3. The van der Waals surface area contributed by atoms with E-state index in [1.54, 1.807) is 0 Å². The fraction of sp³-hybridized carbons (Fsp3) is 0.647. The quantitative estimate of drug-likeness (QED) is 0.655. The van der Waals surface area contributed by atoms with Gasteiger partial charge in [-0.05, 0) is 24.6 Å². The Morgan fingerprint density at radius 2 is 1.71 bits per heavy atom. The van der Waals surface area contributed by atoms with Crippen LogP contribution in [0.3, 0.4) is 0 Å². The molecule has 0 amide bonds. The van der Waals surface area contributed by atoms with E-state index in [0.29, 0.717) is 26.4 Å². The van der Waals surface area contributed by atoms with Crippen molar-refractivity contribution in [3.05, 3.63) is 29.8 Å². The molecule has 0 aliphatic carbocycles. The minimum Gasteiger partial charge on any atom is -0.491 e. The zero-order chi connectivity index (χ0) is 15.1. The van der Waals surface area contributed by atoms with Gasteiger partial charge in [0.25, 0.3) is 0 Å². The molecule has 118 valence electrons. The van der Waals surface area contributed by atoms with E-state index in [1.165, 1.54) is 5.56 Å². The Labute approximate surface area is 127 Å². The molecule has 0 saturated carbocycles. The maximum atomic E-state index is 5.64. The Bertz CT molecular complexity index is 413. The summed E-state index contributed by atoms with van der Waals surface area (Å²) in [6.45, 7) is 10.4. The lowest BCUT2D eigenvalue weighted by Crippen LogP contribution is -2.40. The SMILES string of the molecule is CCOCCOCCOc1ccc(C2OCC2(C)C)cc1. The average Bonchev–Trinajstić information content (AvgIpc) is 2.47. The summed E-state index contributed by atoms with van der Waals surface area (Å²) in [6, 6.07) is 8.15. The first-order valence-electron chi connectivity index (χ1n) is 7.63. The average molecular weight is 294 g/mol. The van der Waals surface area contributed by atoms with Gasteiger partial charge in [-0.25, -0.2) is 0 Å². The van der Waals surface area contributed by atoms with Crippen LogP contribution in [-0.2, 0) is 14.2 Å². The van der Waals surface area contributed by atoms with Gasteiger partial charge < -0.3 is 18.9 Å². The second-order valence-corrected chi connectivity index (χ2v) is 5.91. The van der Waals surface area contributed by atoms with Gasteiger partial charge in [-0.3, -0.25) is 0 Å². The van der Waals surface area contributed by atoms with Crippen molar-refractivity contribution in [2.75, 3.05) is 39.6 Å². The van der Waals surface area contributed by atoms with E-state index in [4.69, 9.17) is 18.9 Å². The summed E-state index contributed by atoms with van der Waals surface area (Å²) in [5.74, 6) is 0.865. The van der Waals surface area contributed by atoms with Crippen molar-refractivity contribution in [3.8, 4) is 5.75 Å². The molecule has 0 radical (unpaired) electrons. The third-order valence-corrected chi connectivity index (χ3v) is 3.59. The topological polar surface area (TPSA) is 36.9 Å². The molecular weight excluding hydrogens is 268 g/mol. The molecule has 1 heterocycles. The van der Waals surface area contributed by atoms with Crippen LogP contribution >= 0.6 is 0 Å². The maximum absolute atomic E-state index is 5.64. The molecule has 1 atom stereocenters. The molecule has 1 aromatic carbocycles. The van der Waals surface area contributed by atoms with Gasteiger partial charge in [-0.2, -0.15) is 0 Å². The second kappa shape index (κ2) is 7.78. The first-order valence-corrected chi connectivity index (χ1v) is 7.63. The first-order chi connectivity index (χ1) is 10.1. The Morgan fingerprint density at radius 1 is 1.05 bits per heavy atom. The smallest absolute Gasteiger partial charge is 0.119 e. The van der Waals surface area contributed by atoms with Crippen LogP contribution in [0.4, 0.5) is 0 Å². The molecule has 0 spiro atoms. The van der Waals surface area contributed by atoms with E-state index in [2.05, 4.69) is 26.0 Å². The molecule has 1 aromatic rings. The molecule has 1 saturated heterocycles. The predicted molar refractivity (Wildman–Crippen MR) is 81.7 cm³/mol. The molecule has 21 heavy (non-hydrogen) atoms. The zero-order valence-corrected chi connectivity index (χ0v) is 13.3. The third-order valence-electron chi connectivity index (χ3n) is 3.59. The van der Waals surface area contributed by atoms with Crippen LogP contribution in [0.1, 0.15) is 32.4 Å². The Hall–Kier alpha value is -1.10. The van der Waals surface area contributed by atoms with Gasteiger partial charge in [0.15, 0.2) is 0 Å². The van der Waals surface area contributed by atoms with E-state index >= 15 is 0 Å². The van der Waals surface area contributed by atoms with Gasteiger partial charge in [-0.1, -0.05) is 26.0 Å². The third kappa shape index (κ3) is 4.70. The molecule has 1 unspecified atom stereocenters.